The molecule has 0 aliphatic carbocycles. The molecule has 0 spiro atoms. The molecule has 3 N–H and O–H groups in total. The van der Waals surface area contributed by atoms with Gasteiger partial charge in [0.15, 0.2) is 0 Å². The minimum atomic E-state index is 0.183. The Balaban J connectivity index is 2.34. The van der Waals surface area contributed by atoms with Crippen LogP contribution in [0.4, 0.5) is 0 Å². The molecule has 0 unspecified atom stereocenters. The fraction of sp³-hybridized carbons (Fsp3) is 0.600. The van der Waals surface area contributed by atoms with Crippen molar-refractivity contribution in [1.29, 1.82) is 0 Å². The topological polar surface area (TPSA) is 41.8 Å². The Morgan fingerprint density at radius 1 is 1.42 bits per heavy atom. The maximum atomic E-state index is 5.96. The predicted molar refractivity (Wildman–Crippen MR) is 51.8 cm³/mol. The lowest BCUT2D eigenvalue weighted by atomic mass is 10.0. The van der Waals surface area contributed by atoms with Gasteiger partial charge in [0.1, 0.15) is 0 Å². The van der Waals surface area contributed by atoms with E-state index < -0.39 is 0 Å². The fourth-order valence-electron chi connectivity index (χ4n) is 1.24. The largest absolute Gasteiger partial charge is 0.364 e. The highest BCUT2D eigenvalue weighted by Gasteiger charge is 2.06. The van der Waals surface area contributed by atoms with Crippen molar-refractivity contribution >= 4 is 0 Å². The summed E-state index contributed by atoms with van der Waals surface area (Å²) in [5, 5.41) is 0. The Bertz CT molecular complexity index is 202. The Morgan fingerprint density at radius 2 is 2.17 bits per heavy atom. The van der Waals surface area contributed by atoms with Gasteiger partial charge in [-0.05, 0) is 30.9 Å². The first kappa shape index (κ1) is 9.33. The predicted octanol–water partition coefficient (Wildman–Crippen LogP) is 2.45. The van der Waals surface area contributed by atoms with Crippen LogP contribution in [0, 0.1) is 5.92 Å². The van der Waals surface area contributed by atoms with E-state index in [1.165, 1.54) is 6.42 Å². The van der Waals surface area contributed by atoms with Crippen molar-refractivity contribution < 1.29 is 0 Å². The van der Waals surface area contributed by atoms with Crippen molar-refractivity contribution in [2.75, 3.05) is 0 Å². The van der Waals surface area contributed by atoms with Gasteiger partial charge in [0.05, 0.1) is 0 Å². The summed E-state index contributed by atoms with van der Waals surface area (Å²) in [6.07, 6.45) is 4.18. The van der Waals surface area contributed by atoms with Crippen LogP contribution in [0.3, 0.4) is 0 Å². The highest BCUT2D eigenvalue weighted by molar-refractivity contribution is 5.08. The number of hydrogen-bond donors (Lipinski definition) is 2. The molecule has 0 aliphatic rings. The van der Waals surface area contributed by atoms with Crippen molar-refractivity contribution in [3.8, 4) is 0 Å². The average molecular weight is 166 g/mol. The highest BCUT2D eigenvalue weighted by atomic mass is 14.8. The van der Waals surface area contributed by atoms with Crippen LogP contribution in [0.25, 0.3) is 0 Å². The first-order valence-corrected chi connectivity index (χ1v) is 4.59. The molecule has 1 aromatic rings. The van der Waals surface area contributed by atoms with Crippen LogP contribution in [0.15, 0.2) is 18.3 Å². The molecule has 2 heteroatoms. The molecule has 0 amide bonds. The summed E-state index contributed by atoms with van der Waals surface area (Å²) in [6.45, 7) is 4.45. The number of nitrogens with one attached hydrogen (secondary N) is 1. The van der Waals surface area contributed by atoms with E-state index in [2.05, 4.69) is 18.8 Å². The van der Waals surface area contributed by atoms with Gasteiger partial charge in [-0.2, -0.15) is 0 Å². The Hall–Kier alpha value is -0.760. The van der Waals surface area contributed by atoms with E-state index in [1.807, 2.05) is 18.3 Å². The monoisotopic (exact) mass is 166 g/mol. The fourth-order valence-corrected chi connectivity index (χ4v) is 1.24. The van der Waals surface area contributed by atoms with E-state index in [9.17, 15) is 0 Å². The van der Waals surface area contributed by atoms with Gasteiger partial charge in [0.2, 0.25) is 0 Å². The molecular formula is C10H18N2. The van der Waals surface area contributed by atoms with Gasteiger partial charge in [-0.15, -0.1) is 0 Å². The second-order valence-electron chi connectivity index (χ2n) is 3.70. The molecule has 1 aromatic heterocycles. The second-order valence-corrected chi connectivity index (χ2v) is 3.70. The van der Waals surface area contributed by atoms with Crippen molar-refractivity contribution in [2.45, 2.75) is 32.7 Å². The summed E-state index contributed by atoms with van der Waals surface area (Å²) >= 11 is 0. The minimum absolute atomic E-state index is 0.183. The molecule has 1 atom stereocenters. The lowest BCUT2D eigenvalue weighted by Crippen LogP contribution is -2.11. The Labute approximate surface area is 74.2 Å². The summed E-state index contributed by atoms with van der Waals surface area (Å²) in [7, 11) is 0. The molecule has 0 bridgehead atoms. The second kappa shape index (κ2) is 4.31. The third kappa shape index (κ3) is 2.70. The molecule has 68 valence electrons. The van der Waals surface area contributed by atoms with Crippen LogP contribution in [-0.2, 0) is 0 Å². The lowest BCUT2D eigenvalue weighted by Gasteiger charge is -2.11. The van der Waals surface area contributed by atoms with Crippen LogP contribution >= 0.6 is 0 Å². The van der Waals surface area contributed by atoms with Crippen LogP contribution in [-0.4, -0.2) is 4.98 Å². The minimum Gasteiger partial charge on any atom is -0.364 e. The van der Waals surface area contributed by atoms with Gasteiger partial charge in [-0.3, -0.25) is 0 Å². The molecule has 0 radical (unpaired) electrons. The van der Waals surface area contributed by atoms with Gasteiger partial charge >= 0.3 is 0 Å². The Kier molecular flexibility index (Phi) is 3.35. The third-order valence-electron chi connectivity index (χ3n) is 2.08. The first-order valence-electron chi connectivity index (χ1n) is 4.59. The lowest BCUT2D eigenvalue weighted by molar-refractivity contribution is 0.502. The van der Waals surface area contributed by atoms with Gasteiger partial charge in [0, 0.05) is 17.9 Å². The van der Waals surface area contributed by atoms with E-state index in [4.69, 9.17) is 5.73 Å². The zero-order chi connectivity index (χ0) is 8.97. The number of hydrogen-bond acceptors (Lipinski definition) is 1. The summed E-state index contributed by atoms with van der Waals surface area (Å²) in [5.74, 6) is 0.742. The summed E-state index contributed by atoms with van der Waals surface area (Å²) in [5.41, 5.74) is 7.11. The van der Waals surface area contributed by atoms with Gasteiger partial charge in [0.25, 0.3) is 0 Å². The number of H-pyrrole nitrogens is 1. The normalized spacial score (nSPS) is 13.7. The zero-order valence-electron chi connectivity index (χ0n) is 7.88. The maximum absolute atomic E-state index is 5.96. The summed E-state index contributed by atoms with van der Waals surface area (Å²) in [6, 6.07) is 4.22. The van der Waals surface area contributed by atoms with Crippen LogP contribution < -0.4 is 5.73 Å². The van der Waals surface area contributed by atoms with E-state index in [1.54, 1.807) is 0 Å². The zero-order valence-corrected chi connectivity index (χ0v) is 7.88. The van der Waals surface area contributed by atoms with Crippen LogP contribution in [0.5, 0.6) is 0 Å². The molecule has 0 aliphatic heterocycles. The molecular weight excluding hydrogens is 148 g/mol. The number of aromatic nitrogens is 1. The van der Waals surface area contributed by atoms with Crippen LogP contribution in [0.2, 0.25) is 0 Å². The molecule has 0 saturated heterocycles. The quantitative estimate of drug-likeness (QED) is 0.708. The van der Waals surface area contributed by atoms with Gasteiger partial charge < -0.3 is 10.7 Å². The van der Waals surface area contributed by atoms with E-state index in [0.29, 0.717) is 0 Å². The smallest absolute Gasteiger partial charge is 0.0447 e. The van der Waals surface area contributed by atoms with E-state index in [0.717, 1.165) is 18.0 Å². The van der Waals surface area contributed by atoms with Crippen LogP contribution in [0.1, 0.15) is 38.4 Å². The summed E-state index contributed by atoms with van der Waals surface area (Å²) < 4.78 is 0. The standard InChI is InChI=1S/C10H18N2/c1-8(2)5-6-9(11)10-4-3-7-12-10/h3-4,7-9,12H,5-6,11H2,1-2H3/t9-/m0/s1. The molecule has 2 nitrogen and oxygen atoms in total. The third-order valence-corrected chi connectivity index (χ3v) is 2.08. The number of aromatic amines is 1. The SMILES string of the molecule is CC(C)CC[C@H](N)c1ccc[nH]1. The highest BCUT2D eigenvalue weighted by Crippen LogP contribution is 2.16. The van der Waals surface area contributed by atoms with E-state index in [-0.39, 0.29) is 6.04 Å². The molecule has 12 heavy (non-hydrogen) atoms. The molecule has 0 fully saturated rings. The maximum Gasteiger partial charge on any atom is 0.0447 e. The Morgan fingerprint density at radius 3 is 2.67 bits per heavy atom. The molecule has 1 heterocycles. The summed E-state index contributed by atoms with van der Waals surface area (Å²) in [4.78, 5) is 3.14. The van der Waals surface area contributed by atoms with Crippen molar-refractivity contribution in [3.05, 3.63) is 24.0 Å². The molecule has 0 aromatic carbocycles. The van der Waals surface area contributed by atoms with Gasteiger partial charge in [-0.25, -0.2) is 0 Å². The van der Waals surface area contributed by atoms with Gasteiger partial charge in [-0.1, -0.05) is 13.8 Å². The van der Waals surface area contributed by atoms with Crippen molar-refractivity contribution in [1.82, 2.24) is 4.98 Å². The van der Waals surface area contributed by atoms with Crippen molar-refractivity contribution in [2.24, 2.45) is 11.7 Å². The average Bonchev–Trinajstić information content (AvgIpc) is 2.51. The molecule has 1 rings (SSSR count). The number of nitrogens with two attached hydrogens (primary N) is 1. The first-order chi connectivity index (χ1) is 5.70. The van der Waals surface area contributed by atoms with E-state index >= 15 is 0 Å². The molecule has 0 saturated carbocycles. The number of rotatable bonds is 4. The van der Waals surface area contributed by atoms with Crippen molar-refractivity contribution in [3.63, 3.8) is 0 Å².